The van der Waals surface area contributed by atoms with E-state index in [2.05, 4.69) is 4.98 Å². The molecule has 5 rings (SSSR count). The van der Waals surface area contributed by atoms with E-state index in [9.17, 15) is 19.2 Å². The highest BCUT2D eigenvalue weighted by Crippen LogP contribution is 2.43. The number of carbonyl (C=O) groups excluding carboxylic acids is 2. The summed E-state index contributed by atoms with van der Waals surface area (Å²) in [6.07, 6.45) is -2.26. The Morgan fingerprint density at radius 3 is 2.11 bits per heavy atom. The van der Waals surface area contributed by atoms with Gasteiger partial charge in [-0.05, 0) is 30.2 Å². The summed E-state index contributed by atoms with van der Waals surface area (Å²) in [6, 6.07) is 27.2. The van der Waals surface area contributed by atoms with Crippen LogP contribution in [0.1, 0.15) is 40.2 Å². The molecular formula is C34H34N2O9. The van der Waals surface area contributed by atoms with Crippen molar-refractivity contribution in [3.05, 3.63) is 140 Å². The lowest BCUT2D eigenvalue weighted by molar-refractivity contribution is -0.190. The van der Waals surface area contributed by atoms with Crippen LogP contribution >= 0.6 is 0 Å². The van der Waals surface area contributed by atoms with Crippen molar-refractivity contribution in [2.75, 3.05) is 13.2 Å². The molecule has 1 saturated heterocycles. The highest BCUT2D eigenvalue weighted by molar-refractivity contribution is 5.89. The molecule has 45 heavy (non-hydrogen) atoms. The van der Waals surface area contributed by atoms with Crippen molar-refractivity contribution >= 4 is 11.9 Å². The third-order valence-electron chi connectivity index (χ3n) is 7.47. The number of nitrogens with one attached hydrogen (secondary N) is 1. The number of hydrogen-bond donors (Lipinski definition) is 1. The number of rotatable bonds is 12. The van der Waals surface area contributed by atoms with Crippen molar-refractivity contribution in [2.24, 2.45) is 0 Å². The van der Waals surface area contributed by atoms with Crippen LogP contribution in [0.25, 0.3) is 0 Å². The first-order valence-corrected chi connectivity index (χ1v) is 14.4. The minimum atomic E-state index is -1.66. The molecule has 11 heteroatoms. The summed E-state index contributed by atoms with van der Waals surface area (Å²) in [4.78, 5) is 53.3. The van der Waals surface area contributed by atoms with Gasteiger partial charge >= 0.3 is 17.6 Å². The zero-order chi connectivity index (χ0) is 31.8. The Morgan fingerprint density at radius 1 is 0.889 bits per heavy atom. The Bertz CT molecular complexity index is 1710. The summed E-state index contributed by atoms with van der Waals surface area (Å²) < 4.78 is 31.9. The fourth-order valence-electron chi connectivity index (χ4n) is 5.16. The van der Waals surface area contributed by atoms with Gasteiger partial charge in [0.05, 0.1) is 25.4 Å². The minimum absolute atomic E-state index is 0.0201. The standard InChI is InChI=1S/C34H34N2O9/c1-23-18-36(33(40)35-30(23)38)31-29(44-24(2)37)34(43-20-26-14-8-4-9-15-26,22-42-32(39)27-16-10-5-11-17-27)28(45-31)21-41-19-25-12-6-3-7-13-25/h3-18,28-29,31H,19-22H2,1-2H3,(H,35,38,40)/t28-,29-,31+,34-/m1/s1. The molecule has 11 nitrogen and oxygen atoms in total. The summed E-state index contributed by atoms with van der Waals surface area (Å²) >= 11 is 0. The number of aromatic amines is 1. The van der Waals surface area contributed by atoms with E-state index in [0.29, 0.717) is 5.56 Å². The molecule has 4 atom stereocenters. The van der Waals surface area contributed by atoms with Gasteiger partial charge in [0.2, 0.25) is 0 Å². The summed E-state index contributed by atoms with van der Waals surface area (Å²) in [5.41, 5.74) is -0.771. The second-order valence-electron chi connectivity index (χ2n) is 10.7. The van der Waals surface area contributed by atoms with Crippen LogP contribution in [0.5, 0.6) is 0 Å². The third-order valence-corrected chi connectivity index (χ3v) is 7.47. The molecule has 2 heterocycles. The van der Waals surface area contributed by atoms with E-state index < -0.39 is 53.8 Å². The zero-order valence-electron chi connectivity index (χ0n) is 24.9. The second-order valence-corrected chi connectivity index (χ2v) is 10.7. The number of benzene rings is 3. The molecule has 0 saturated carbocycles. The first-order valence-electron chi connectivity index (χ1n) is 14.4. The lowest BCUT2D eigenvalue weighted by atomic mass is 9.92. The molecule has 0 aliphatic carbocycles. The fraction of sp³-hybridized carbons (Fsp3) is 0.294. The molecule has 4 aromatic rings. The minimum Gasteiger partial charge on any atom is -0.459 e. The molecule has 0 spiro atoms. The topological polar surface area (TPSA) is 135 Å². The summed E-state index contributed by atoms with van der Waals surface area (Å²) in [5.74, 6) is -1.32. The van der Waals surface area contributed by atoms with Crippen LogP contribution < -0.4 is 11.2 Å². The van der Waals surface area contributed by atoms with Crippen molar-refractivity contribution in [3.8, 4) is 0 Å². The zero-order valence-corrected chi connectivity index (χ0v) is 24.9. The number of ether oxygens (including phenoxy) is 5. The van der Waals surface area contributed by atoms with Crippen molar-refractivity contribution < 1.29 is 33.3 Å². The molecule has 0 bridgehead atoms. The summed E-state index contributed by atoms with van der Waals surface area (Å²) in [5, 5.41) is 0. The van der Waals surface area contributed by atoms with Crippen molar-refractivity contribution in [2.45, 2.75) is 51.1 Å². The molecule has 3 aromatic carbocycles. The lowest BCUT2D eigenvalue weighted by Gasteiger charge is -2.37. The van der Waals surface area contributed by atoms with Crippen LogP contribution in [-0.2, 0) is 41.7 Å². The molecule has 1 aliphatic heterocycles. The molecule has 1 aliphatic rings. The van der Waals surface area contributed by atoms with E-state index in [1.165, 1.54) is 20.0 Å². The van der Waals surface area contributed by atoms with Crippen LogP contribution in [0.4, 0.5) is 0 Å². The van der Waals surface area contributed by atoms with Crippen LogP contribution in [0.15, 0.2) is 107 Å². The molecule has 0 unspecified atom stereocenters. The highest BCUT2D eigenvalue weighted by Gasteiger charge is 2.62. The van der Waals surface area contributed by atoms with Gasteiger partial charge in [-0.25, -0.2) is 9.59 Å². The molecular weight excluding hydrogens is 580 g/mol. The lowest BCUT2D eigenvalue weighted by Crippen LogP contribution is -2.57. The molecule has 0 amide bonds. The number of aromatic nitrogens is 2. The molecule has 234 valence electrons. The number of esters is 2. The van der Waals surface area contributed by atoms with E-state index in [-0.39, 0.29) is 25.4 Å². The van der Waals surface area contributed by atoms with E-state index >= 15 is 0 Å². The van der Waals surface area contributed by atoms with Gasteiger partial charge < -0.3 is 23.7 Å². The Hall–Kier alpha value is -4.84. The van der Waals surface area contributed by atoms with Crippen LogP contribution in [0, 0.1) is 6.92 Å². The largest absolute Gasteiger partial charge is 0.459 e. The maximum Gasteiger partial charge on any atom is 0.338 e. The SMILES string of the molecule is CC(=O)O[C@@H]1[C@@H](n2cc(C)c(=O)[nH]c2=O)O[C@H](COCc2ccccc2)[C@@]1(COC(=O)c1ccccc1)OCc1ccccc1. The van der Waals surface area contributed by atoms with Gasteiger partial charge in [0, 0.05) is 18.7 Å². The van der Waals surface area contributed by atoms with Gasteiger partial charge in [0.1, 0.15) is 12.7 Å². The first kappa shape index (κ1) is 31.6. The normalized spacial score (nSPS) is 20.9. The summed E-state index contributed by atoms with van der Waals surface area (Å²) in [6.45, 7) is 2.49. The van der Waals surface area contributed by atoms with Crippen molar-refractivity contribution in [1.29, 1.82) is 0 Å². The smallest absolute Gasteiger partial charge is 0.338 e. The van der Waals surface area contributed by atoms with E-state index in [1.807, 2.05) is 60.7 Å². The quantitative estimate of drug-likeness (QED) is 0.237. The molecule has 1 N–H and O–H groups in total. The third kappa shape index (κ3) is 7.46. The Kier molecular flexibility index (Phi) is 10.0. The second kappa shape index (κ2) is 14.3. The van der Waals surface area contributed by atoms with Gasteiger partial charge in [-0.3, -0.25) is 19.1 Å². The Balaban J connectivity index is 1.57. The van der Waals surface area contributed by atoms with Crippen LogP contribution in [0.3, 0.4) is 0 Å². The number of nitrogens with zero attached hydrogens (tertiary/aromatic N) is 1. The fourth-order valence-corrected chi connectivity index (χ4v) is 5.16. The van der Waals surface area contributed by atoms with Gasteiger partial charge in [0.25, 0.3) is 5.56 Å². The van der Waals surface area contributed by atoms with Gasteiger partial charge in [-0.2, -0.15) is 0 Å². The predicted molar refractivity (Wildman–Crippen MR) is 162 cm³/mol. The van der Waals surface area contributed by atoms with Gasteiger partial charge in [-0.1, -0.05) is 78.9 Å². The molecule has 1 aromatic heterocycles. The maximum atomic E-state index is 13.2. The maximum absolute atomic E-state index is 13.2. The predicted octanol–water partition coefficient (Wildman–Crippen LogP) is 3.70. The average Bonchev–Trinajstić information content (AvgIpc) is 3.33. The van der Waals surface area contributed by atoms with Crippen molar-refractivity contribution in [3.63, 3.8) is 0 Å². The van der Waals surface area contributed by atoms with Gasteiger partial charge in [-0.15, -0.1) is 0 Å². The van der Waals surface area contributed by atoms with E-state index in [4.69, 9.17) is 23.7 Å². The van der Waals surface area contributed by atoms with Crippen molar-refractivity contribution in [1.82, 2.24) is 9.55 Å². The van der Waals surface area contributed by atoms with Crippen LogP contribution in [-0.4, -0.2) is 52.5 Å². The van der Waals surface area contributed by atoms with E-state index in [1.54, 1.807) is 30.3 Å². The highest BCUT2D eigenvalue weighted by atomic mass is 16.7. The van der Waals surface area contributed by atoms with Crippen LogP contribution in [0.2, 0.25) is 0 Å². The summed E-state index contributed by atoms with van der Waals surface area (Å²) in [7, 11) is 0. The number of carbonyl (C=O) groups is 2. The van der Waals surface area contributed by atoms with E-state index in [0.717, 1.165) is 15.7 Å². The molecule has 0 radical (unpaired) electrons. The number of hydrogen-bond acceptors (Lipinski definition) is 9. The van der Waals surface area contributed by atoms with Gasteiger partial charge in [0.15, 0.2) is 17.9 Å². The Morgan fingerprint density at radius 2 is 1.49 bits per heavy atom. The number of aryl methyl sites for hydroxylation is 1. The Labute approximate surface area is 259 Å². The molecule has 1 fully saturated rings. The first-order chi connectivity index (χ1) is 21.8. The average molecular weight is 615 g/mol. The monoisotopic (exact) mass is 614 g/mol. The number of H-pyrrole nitrogens is 1.